The van der Waals surface area contributed by atoms with Crippen LogP contribution in [-0.2, 0) is 12.6 Å². The Morgan fingerprint density at radius 3 is 2.41 bits per heavy atom. The fourth-order valence-electron chi connectivity index (χ4n) is 1.26. The molecule has 0 amide bonds. The summed E-state index contributed by atoms with van der Waals surface area (Å²) in [6, 6.07) is 1.98. The first kappa shape index (κ1) is 13.8. The molecule has 0 aliphatic rings. The summed E-state index contributed by atoms with van der Waals surface area (Å²) < 4.78 is 62.6. The molecule has 92 valence electrons. The molecule has 8 heteroatoms. The minimum absolute atomic E-state index is 0.237. The normalized spacial score (nSPS) is 11.6. The summed E-state index contributed by atoms with van der Waals surface area (Å²) in [4.78, 5) is 3.47. The molecular formula is C9H4BrF5N2. The lowest BCUT2D eigenvalue weighted by atomic mass is 10.0. The van der Waals surface area contributed by atoms with Gasteiger partial charge in [-0.2, -0.15) is 18.4 Å². The van der Waals surface area contributed by atoms with E-state index in [2.05, 4.69) is 20.9 Å². The molecule has 0 aromatic carbocycles. The van der Waals surface area contributed by atoms with Crippen molar-refractivity contribution in [1.82, 2.24) is 4.98 Å². The number of hydrogen-bond acceptors (Lipinski definition) is 2. The summed E-state index contributed by atoms with van der Waals surface area (Å²) in [6.45, 7) is 0. The van der Waals surface area contributed by atoms with E-state index in [1.807, 2.05) is 0 Å². The Bertz CT molecular complexity index is 464. The van der Waals surface area contributed by atoms with Gasteiger partial charge in [0, 0.05) is 0 Å². The van der Waals surface area contributed by atoms with Crippen LogP contribution in [0.5, 0.6) is 0 Å². The molecule has 0 N–H and O–H groups in total. The summed E-state index contributed by atoms with van der Waals surface area (Å²) in [5.41, 5.74) is -3.27. The summed E-state index contributed by atoms with van der Waals surface area (Å²) in [7, 11) is 0. The summed E-state index contributed by atoms with van der Waals surface area (Å²) in [6.07, 6.45) is -8.86. The Kier molecular flexibility index (Phi) is 4.03. The van der Waals surface area contributed by atoms with Gasteiger partial charge in [0.05, 0.1) is 29.3 Å². The molecule has 17 heavy (non-hydrogen) atoms. The zero-order valence-corrected chi connectivity index (χ0v) is 9.61. The average Bonchev–Trinajstić information content (AvgIpc) is 2.15. The van der Waals surface area contributed by atoms with Crippen LogP contribution in [0.1, 0.15) is 23.2 Å². The lowest BCUT2D eigenvalue weighted by molar-refractivity contribution is -0.139. The number of nitriles is 1. The molecule has 0 fully saturated rings. The fourth-order valence-corrected chi connectivity index (χ4v) is 1.70. The molecule has 1 aromatic rings. The predicted octanol–water partition coefficient (Wildman–Crippen LogP) is 3.87. The maximum absolute atomic E-state index is 12.6. The van der Waals surface area contributed by atoms with Gasteiger partial charge in [0.1, 0.15) is 4.60 Å². The van der Waals surface area contributed by atoms with E-state index in [-0.39, 0.29) is 4.60 Å². The number of nitrogens with zero attached hydrogens (tertiary/aromatic N) is 2. The Labute approximate surface area is 101 Å². The van der Waals surface area contributed by atoms with Crippen LogP contribution in [-0.4, -0.2) is 4.98 Å². The first-order chi connectivity index (χ1) is 7.77. The van der Waals surface area contributed by atoms with E-state index in [9.17, 15) is 22.0 Å². The molecule has 0 bridgehead atoms. The molecule has 0 saturated heterocycles. The number of hydrogen-bond donors (Lipinski definition) is 0. The number of halogens is 6. The van der Waals surface area contributed by atoms with E-state index in [1.54, 1.807) is 0 Å². The van der Waals surface area contributed by atoms with Crippen LogP contribution in [0.15, 0.2) is 10.7 Å². The lowest BCUT2D eigenvalue weighted by Crippen LogP contribution is -2.13. The molecule has 0 saturated carbocycles. The van der Waals surface area contributed by atoms with Crippen LogP contribution < -0.4 is 0 Å². The van der Waals surface area contributed by atoms with Crippen LogP contribution in [0.3, 0.4) is 0 Å². The van der Waals surface area contributed by atoms with Crippen molar-refractivity contribution in [3.63, 3.8) is 0 Å². The second-order valence-electron chi connectivity index (χ2n) is 2.99. The van der Waals surface area contributed by atoms with Gasteiger partial charge in [-0.05, 0) is 22.0 Å². The molecule has 0 spiro atoms. The van der Waals surface area contributed by atoms with Gasteiger partial charge < -0.3 is 0 Å². The molecule has 2 nitrogen and oxygen atoms in total. The van der Waals surface area contributed by atoms with Gasteiger partial charge in [0.2, 0.25) is 0 Å². The molecule has 1 heterocycles. The highest BCUT2D eigenvalue weighted by Gasteiger charge is 2.38. The van der Waals surface area contributed by atoms with Crippen LogP contribution in [0.2, 0.25) is 0 Å². The first-order valence-electron chi connectivity index (χ1n) is 4.19. The Morgan fingerprint density at radius 1 is 1.41 bits per heavy atom. The molecule has 0 unspecified atom stereocenters. The third-order valence-electron chi connectivity index (χ3n) is 1.88. The number of pyridine rings is 1. The zero-order chi connectivity index (χ0) is 13.2. The van der Waals surface area contributed by atoms with Gasteiger partial charge in [-0.3, -0.25) is 0 Å². The minimum Gasteiger partial charge on any atom is -0.244 e. The Hall–Kier alpha value is -1.23. The summed E-state index contributed by atoms with van der Waals surface area (Å²) in [5.74, 6) is 0. The van der Waals surface area contributed by atoms with Crippen molar-refractivity contribution in [2.45, 2.75) is 19.0 Å². The van der Waals surface area contributed by atoms with Gasteiger partial charge in [-0.25, -0.2) is 13.8 Å². The standard InChI is InChI=1S/C9H4BrF5N2/c10-6-3-4(9(13,14)15)7(8(11)12)5(17-6)1-2-16/h3,8H,1H2. The van der Waals surface area contributed by atoms with E-state index >= 15 is 0 Å². The molecule has 0 aliphatic heterocycles. The number of rotatable bonds is 2. The third kappa shape index (κ3) is 3.12. The molecule has 1 aromatic heterocycles. The maximum atomic E-state index is 12.6. The van der Waals surface area contributed by atoms with Crippen LogP contribution in [0, 0.1) is 11.3 Å². The Balaban J connectivity index is 3.53. The highest BCUT2D eigenvalue weighted by atomic mass is 79.9. The quantitative estimate of drug-likeness (QED) is 0.614. The average molecular weight is 315 g/mol. The monoisotopic (exact) mass is 314 g/mol. The highest BCUT2D eigenvalue weighted by molar-refractivity contribution is 9.10. The molecular weight excluding hydrogens is 311 g/mol. The molecule has 0 aliphatic carbocycles. The minimum atomic E-state index is -4.92. The van der Waals surface area contributed by atoms with Gasteiger partial charge >= 0.3 is 6.18 Å². The fraction of sp³-hybridized carbons (Fsp3) is 0.333. The van der Waals surface area contributed by atoms with Gasteiger partial charge in [0.25, 0.3) is 6.43 Å². The van der Waals surface area contributed by atoms with E-state index in [0.29, 0.717) is 6.07 Å². The van der Waals surface area contributed by atoms with Crippen LogP contribution in [0.4, 0.5) is 22.0 Å². The lowest BCUT2D eigenvalue weighted by Gasteiger charge is -2.15. The topological polar surface area (TPSA) is 36.7 Å². The largest absolute Gasteiger partial charge is 0.417 e. The SMILES string of the molecule is N#CCc1nc(Br)cc(C(F)(F)F)c1C(F)F. The third-order valence-corrected chi connectivity index (χ3v) is 2.28. The van der Waals surface area contributed by atoms with Crippen molar-refractivity contribution in [3.8, 4) is 6.07 Å². The van der Waals surface area contributed by atoms with Crippen molar-refractivity contribution >= 4 is 15.9 Å². The molecule has 1 rings (SSSR count). The van der Waals surface area contributed by atoms with Crippen molar-refractivity contribution < 1.29 is 22.0 Å². The number of aromatic nitrogens is 1. The molecule has 0 radical (unpaired) electrons. The zero-order valence-electron chi connectivity index (χ0n) is 8.02. The van der Waals surface area contributed by atoms with Gasteiger partial charge in [-0.1, -0.05) is 0 Å². The second-order valence-corrected chi connectivity index (χ2v) is 3.80. The highest BCUT2D eigenvalue weighted by Crippen LogP contribution is 2.38. The van der Waals surface area contributed by atoms with Gasteiger partial charge in [-0.15, -0.1) is 0 Å². The molecule has 0 atom stereocenters. The van der Waals surface area contributed by atoms with Crippen molar-refractivity contribution in [3.05, 3.63) is 27.5 Å². The van der Waals surface area contributed by atoms with Crippen LogP contribution >= 0.6 is 15.9 Å². The van der Waals surface area contributed by atoms with E-state index in [4.69, 9.17) is 5.26 Å². The maximum Gasteiger partial charge on any atom is 0.417 e. The van der Waals surface area contributed by atoms with Gasteiger partial charge in [0.15, 0.2) is 0 Å². The van der Waals surface area contributed by atoms with E-state index < -0.39 is 35.8 Å². The predicted molar refractivity (Wildman–Crippen MR) is 51.2 cm³/mol. The summed E-state index contributed by atoms with van der Waals surface area (Å²) >= 11 is 2.69. The summed E-state index contributed by atoms with van der Waals surface area (Å²) in [5, 5.41) is 8.38. The first-order valence-corrected chi connectivity index (χ1v) is 4.98. The smallest absolute Gasteiger partial charge is 0.244 e. The Morgan fingerprint density at radius 2 is 2.00 bits per heavy atom. The van der Waals surface area contributed by atoms with Crippen molar-refractivity contribution in [2.24, 2.45) is 0 Å². The second kappa shape index (κ2) is 4.96. The van der Waals surface area contributed by atoms with Crippen LogP contribution in [0.25, 0.3) is 0 Å². The van der Waals surface area contributed by atoms with E-state index in [1.165, 1.54) is 6.07 Å². The number of alkyl halides is 5. The van der Waals surface area contributed by atoms with E-state index in [0.717, 1.165) is 0 Å². The van der Waals surface area contributed by atoms with Crippen molar-refractivity contribution in [2.75, 3.05) is 0 Å². The van der Waals surface area contributed by atoms with Crippen molar-refractivity contribution in [1.29, 1.82) is 5.26 Å².